The predicted molar refractivity (Wildman–Crippen MR) is 119 cm³/mol. The molecule has 0 N–H and O–H groups in total. The van der Waals surface area contributed by atoms with E-state index < -0.39 is 0 Å². The first-order valence-corrected chi connectivity index (χ1v) is 9.88. The maximum atomic E-state index is 12.5. The molecule has 3 heteroatoms. The molecule has 3 nitrogen and oxygen atoms in total. The van der Waals surface area contributed by atoms with Gasteiger partial charge in [-0.15, -0.1) is 0 Å². The molecular formula is C25H28N2O. The smallest absolute Gasteiger partial charge is 0.250 e. The fourth-order valence-corrected chi connectivity index (χ4v) is 3.07. The minimum absolute atomic E-state index is 0.592. The topological polar surface area (TPSA) is 39.8 Å². The van der Waals surface area contributed by atoms with E-state index in [1.807, 2.05) is 89.2 Å². The summed E-state index contributed by atoms with van der Waals surface area (Å²) >= 11 is 0. The number of fused-ring (bicyclic) bond motifs is 1. The number of nitrogens with zero attached hydrogens (tertiary/aromatic N) is 2. The van der Waals surface area contributed by atoms with E-state index in [1.165, 1.54) is 0 Å². The quantitative estimate of drug-likeness (QED) is 0.295. The van der Waals surface area contributed by atoms with Gasteiger partial charge in [-0.05, 0) is 36.2 Å². The van der Waals surface area contributed by atoms with Crippen LogP contribution in [0.4, 0.5) is 0 Å². The van der Waals surface area contributed by atoms with Crippen molar-refractivity contribution in [3.8, 4) is 22.4 Å². The van der Waals surface area contributed by atoms with Gasteiger partial charge in [-0.25, -0.2) is 4.98 Å². The molecule has 28 heavy (non-hydrogen) atoms. The number of hydrogen-bond acceptors (Lipinski definition) is 2. The van der Waals surface area contributed by atoms with Crippen LogP contribution in [0.2, 0.25) is 0 Å². The summed E-state index contributed by atoms with van der Waals surface area (Å²) < 4.78 is 0.902. The van der Waals surface area contributed by atoms with Gasteiger partial charge in [0.2, 0.25) is 5.69 Å². The van der Waals surface area contributed by atoms with Gasteiger partial charge in [-0.3, -0.25) is 0 Å². The lowest BCUT2D eigenvalue weighted by atomic mass is 9.99. The highest BCUT2D eigenvalue weighted by Gasteiger charge is 2.18. The summed E-state index contributed by atoms with van der Waals surface area (Å²) in [6.07, 6.45) is 1.56. The van der Waals surface area contributed by atoms with E-state index in [0.717, 1.165) is 38.0 Å². The molecular weight excluding hydrogens is 344 g/mol. The zero-order valence-corrected chi connectivity index (χ0v) is 17.3. The van der Waals surface area contributed by atoms with Crippen molar-refractivity contribution in [2.24, 2.45) is 0 Å². The van der Waals surface area contributed by atoms with Crippen LogP contribution in [0.25, 0.3) is 33.3 Å². The third-order valence-corrected chi connectivity index (χ3v) is 4.14. The number of aromatic nitrogens is 2. The summed E-state index contributed by atoms with van der Waals surface area (Å²) in [5.41, 5.74) is 5.30. The van der Waals surface area contributed by atoms with Crippen molar-refractivity contribution in [2.75, 3.05) is 0 Å². The molecule has 0 saturated carbocycles. The van der Waals surface area contributed by atoms with E-state index >= 15 is 0 Å². The van der Waals surface area contributed by atoms with Crippen molar-refractivity contribution in [1.29, 1.82) is 0 Å². The zero-order valence-electron chi connectivity index (χ0n) is 17.3. The average Bonchev–Trinajstić information content (AvgIpc) is 2.77. The van der Waals surface area contributed by atoms with Gasteiger partial charge >= 0.3 is 0 Å². The van der Waals surface area contributed by atoms with Gasteiger partial charge in [0.1, 0.15) is 5.52 Å². The van der Waals surface area contributed by atoms with Crippen LogP contribution in [0.15, 0.2) is 79.0 Å². The molecule has 0 aliphatic rings. The predicted octanol–water partition coefficient (Wildman–Crippen LogP) is 6.56. The Morgan fingerprint density at radius 1 is 0.750 bits per heavy atom. The lowest BCUT2D eigenvalue weighted by molar-refractivity contribution is -0.592. The molecule has 144 valence electrons. The number of hydrogen-bond donors (Lipinski definition) is 0. The maximum Gasteiger partial charge on any atom is 0.250 e. The highest BCUT2D eigenvalue weighted by molar-refractivity contribution is 5.99. The van der Waals surface area contributed by atoms with E-state index in [-0.39, 0.29) is 0 Å². The molecule has 0 atom stereocenters. The molecule has 0 unspecified atom stereocenters. The summed E-state index contributed by atoms with van der Waals surface area (Å²) in [5, 5.41) is 13.5. The molecule has 2 heterocycles. The first kappa shape index (κ1) is 21.1. The number of rotatable bonds is 2. The third kappa shape index (κ3) is 4.37. The highest BCUT2D eigenvalue weighted by atomic mass is 16.5. The van der Waals surface area contributed by atoms with Crippen LogP contribution in [0, 0.1) is 12.1 Å². The standard InChI is InChI=1S/C21H16N2O.2C2H6/c1-15-14-19(16-8-4-2-5-9-16)18-12-13-23(24)21(20(18)22-15)17-10-6-3-7-11-17;2*1-2/h2-14H,1H3;2*1-2H3. The molecule has 0 aliphatic carbocycles. The lowest BCUT2D eigenvalue weighted by Crippen LogP contribution is -2.29. The average molecular weight is 373 g/mol. The summed E-state index contributed by atoms with van der Waals surface area (Å²) in [4.78, 5) is 4.68. The van der Waals surface area contributed by atoms with E-state index in [4.69, 9.17) is 0 Å². The van der Waals surface area contributed by atoms with Gasteiger partial charge in [0.25, 0.3) is 0 Å². The number of aryl methyl sites for hydroxylation is 1. The summed E-state index contributed by atoms with van der Waals surface area (Å²) in [6, 6.07) is 23.8. The van der Waals surface area contributed by atoms with E-state index in [0.29, 0.717) is 5.69 Å². The number of benzene rings is 2. The Bertz CT molecular complexity index is 1010. The maximum absolute atomic E-state index is 12.5. The minimum Gasteiger partial charge on any atom is -0.618 e. The molecule has 0 spiro atoms. The Morgan fingerprint density at radius 3 is 1.86 bits per heavy atom. The van der Waals surface area contributed by atoms with Gasteiger partial charge in [-0.2, -0.15) is 4.73 Å². The fraction of sp³-hybridized carbons (Fsp3) is 0.200. The van der Waals surface area contributed by atoms with E-state index in [2.05, 4.69) is 23.2 Å². The Morgan fingerprint density at radius 2 is 1.29 bits per heavy atom. The monoisotopic (exact) mass is 372 g/mol. The zero-order chi connectivity index (χ0) is 20.5. The molecule has 2 aromatic carbocycles. The normalized spacial score (nSPS) is 9.75. The van der Waals surface area contributed by atoms with Gasteiger partial charge < -0.3 is 5.21 Å². The second-order valence-electron chi connectivity index (χ2n) is 5.80. The van der Waals surface area contributed by atoms with Gasteiger partial charge in [0.15, 0.2) is 6.20 Å². The van der Waals surface area contributed by atoms with Crippen LogP contribution in [-0.4, -0.2) is 4.98 Å². The Kier molecular flexibility index (Phi) is 7.70. The SMILES string of the molecule is CC.CC.Cc1cc(-c2ccccc2)c2cc[n+]([O-])c(-c3ccccc3)c2n1. The Balaban J connectivity index is 0.000000660. The summed E-state index contributed by atoms with van der Waals surface area (Å²) in [7, 11) is 0. The van der Waals surface area contributed by atoms with Crippen LogP contribution in [0.3, 0.4) is 0 Å². The van der Waals surface area contributed by atoms with Crippen LogP contribution >= 0.6 is 0 Å². The summed E-state index contributed by atoms with van der Waals surface area (Å²) in [5.74, 6) is 0. The molecule has 0 fully saturated rings. The molecule has 0 bridgehead atoms. The highest BCUT2D eigenvalue weighted by Crippen LogP contribution is 2.32. The van der Waals surface area contributed by atoms with E-state index in [9.17, 15) is 5.21 Å². The molecule has 0 radical (unpaired) electrons. The molecule has 0 amide bonds. The second kappa shape index (κ2) is 10.2. The van der Waals surface area contributed by atoms with Crippen molar-refractivity contribution < 1.29 is 4.73 Å². The molecule has 4 aromatic rings. The van der Waals surface area contributed by atoms with Crippen LogP contribution in [-0.2, 0) is 0 Å². The molecule has 4 rings (SSSR count). The van der Waals surface area contributed by atoms with Crippen molar-refractivity contribution >= 4 is 10.9 Å². The van der Waals surface area contributed by atoms with Crippen LogP contribution < -0.4 is 4.73 Å². The first-order chi connectivity index (χ1) is 13.7. The number of pyridine rings is 2. The van der Waals surface area contributed by atoms with Crippen LogP contribution in [0.1, 0.15) is 33.4 Å². The molecule has 0 saturated heterocycles. The van der Waals surface area contributed by atoms with Crippen molar-refractivity contribution in [1.82, 2.24) is 4.98 Å². The minimum atomic E-state index is 0.592. The largest absolute Gasteiger partial charge is 0.618 e. The lowest BCUT2D eigenvalue weighted by Gasteiger charge is -2.12. The van der Waals surface area contributed by atoms with Crippen LogP contribution in [0.5, 0.6) is 0 Å². The Labute approximate surface area is 167 Å². The van der Waals surface area contributed by atoms with E-state index in [1.54, 1.807) is 6.20 Å². The second-order valence-corrected chi connectivity index (χ2v) is 5.80. The third-order valence-electron chi connectivity index (χ3n) is 4.14. The van der Waals surface area contributed by atoms with Crippen molar-refractivity contribution in [3.05, 3.63) is 89.9 Å². The van der Waals surface area contributed by atoms with Gasteiger partial charge in [0, 0.05) is 22.7 Å². The fourth-order valence-electron chi connectivity index (χ4n) is 3.07. The first-order valence-electron chi connectivity index (χ1n) is 9.88. The van der Waals surface area contributed by atoms with Crippen molar-refractivity contribution in [3.63, 3.8) is 0 Å². The van der Waals surface area contributed by atoms with Gasteiger partial charge in [-0.1, -0.05) is 76.2 Å². The van der Waals surface area contributed by atoms with Crippen molar-refractivity contribution in [2.45, 2.75) is 34.6 Å². The Hall–Kier alpha value is -3.20. The summed E-state index contributed by atoms with van der Waals surface area (Å²) in [6.45, 7) is 9.96. The van der Waals surface area contributed by atoms with Gasteiger partial charge in [0.05, 0.1) is 0 Å². The molecule has 2 aromatic heterocycles. The molecule has 0 aliphatic heterocycles.